The van der Waals surface area contributed by atoms with Crippen LogP contribution in [0.25, 0.3) is 6.08 Å². The van der Waals surface area contributed by atoms with Gasteiger partial charge in [0.1, 0.15) is 5.75 Å². The number of aromatic hydroxyl groups is 1. The maximum atomic E-state index is 12.5. The number of anilines is 1. The van der Waals surface area contributed by atoms with Crippen LogP contribution in [0.4, 0.5) is 5.69 Å². The summed E-state index contributed by atoms with van der Waals surface area (Å²) in [7, 11) is -3.84. The van der Waals surface area contributed by atoms with Crippen LogP contribution in [0.3, 0.4) is 0 Å². The number of carbonyl (C=O) groups is 1. The van der Waals surface area contributed by atoms with Crippen LogP contribution >= 0.6 is 0 Å². The fourth-order valence-corrected chi connectivity index (χ4v) is 3.60. The van der Waals surface area contributed by atoms with Crippen LogP contribution in [0.1, 0.15) is 21.5 Å². The first-order valence-corrected chi connectivity index (χ1v) is 10.0. The van der Waals surface area contributed by atoms with E-state index in [0.29, 0.717) is 11.1 Å². The molecule has 0 atom stereocenters. The first-order chi connectivity index (χ1) is 13.3. The van der Waals surface area contributed by atoms with E-state index in [4.69, 9.17) is 0 Å². The first kappa shape index (κ1) is 19.4. The number of allylic oxidation sites excluding steroid dienone is 1. The summed E-state index contributed by atoms with van der Waals surface area (Å²) in [5.74, 6) is -0.377. The minimum absolute atomic E-state index is 0.0369. The molecular formula is C22H19NO4S. The molecule has 28 heavy (non-hydrogen) atoms. The molecule has 6 heteroatoms. The molecule has 0 radical (unpaired) electrons. The molecule has 0 bridgehead atoms. The molecule has 0 heterocycles. The highest BCUT2D eigenvalue weighted by Crippen LogP contribution is 2.27. The van der Waals surface area contributed by atoms with Gasteiger partial charge < -0.3 is 5.11 Å². The zero-order valence-corrected chi connectivity index (χ0v) is 16.0. The molecule has 0 unspecified atom stereocenters. The van der Waals surface area contributed by atoms with E-state index in [0.717, 1.165) is 5.56 Å². The summed E-state index contributed by atoms with van der Waals surface area (Å²) in [4.78, 5) is 12.3. The van der Waals surface area contributed by atoms with E-state index in [1.165, 1.54) is 30.3 Å². The average molecular weight is 393 g/mol. The first-order valence-electron chi connectivity index (χ1n) is 8.55. The Hall–Kier alpha value is -3.38. The van der Waals surface area contributed by atoms with Gasteiger partial charge in [-0.15, -0.1) is 0 Å². The molecule has 0 aliphatic heterocycles. The number of phenols is 1. The molecule has 3 aromatic rings. The Balaban J connectivity index is 1.82. The van der Waals surface area contributed by atoms with Crippen LogP contribution in [0, 0.1) is 6.92 Å². The highest BCUT2D eigenvalue weighted by Gasteiger charge is 2.16. The summed E-state index contributed by atoms with van der Waals surface area (Å²) in [6, 6.07) is 19.6. The van der Waals surface area contributed by atoms with Crippen molar-refractivity contribution in [3.63, 3.8) is 0 Å². The average Bonchev–Trinajstić information content (AvgIpc) is 2.69. The Morgan fingerprint density at radius 2 is 1.64 bits per heavy atom. The van der Waals surface area contributed by atoms with Crippen molar-refractivity contribution in [3.05, 3.63) is 95.6 Å². The minimum atomic E-state index is -3.84. The summed E-state index contributed by atoms with van der Waals surface area (Å²) in [5, 5.41) is 10.0. The van der Waals surface area contributed by atoms with E-state index in [1.54, 1.807) is 48.5 Å². The predicted octanol–water partition coefficient (Wildman–Crippen LogP) is 4.40. The number of hydrogen-bond donors (Lipinski definition) is 2. The van der Waals surface area contributed by atoms with Gasteiger partial charge in [-0.2, -0.15) is 0 Å². The molecule has 0 saturated heterocycles. The molecule has 3 aromatic carbocycles. The number of benzene rings is 3. The molecule has 0 fully saturated rings. The van der Waals surface area contributed by atoms with Crippen LogP contribution in [0.2, 0.25) is 0 Å². The Labute approximate surface area is 164 Å². The Kier molecular flexibility index (Phi) is 5.61. The van der Waals surface area contributed by atoms with Gasteiger partial charge in [0.05, 0.1) is 10.6 Å². The number of hydrogen-bond acceptors (Lipinski definition) is 4. The van der Waals surface area contributed by atoms with Gasteiger partial charge in [0.2, 0.25) is 0 Å². The third kappa shape index (κ3) is 4.66. The van der Waals surface area contributed by atoms with Gasteiger partial charge in [0.15, 0.2) is 5.78 Å². The maximum absolute atomic E-state index is 12.5. The summed E-state index contributed by atoms with van der Waals surface area (Å²) in [6.45, 7) is 1.86. The molecule has 142 valence electrons. The minimum Gasteiger partial charge on any atom is -0.506 e. The molecule has 0 spiro atoms. The molecule has 2 N–H and O–H groups in total. The number of aryl methyl sites for hydroxylation is 1. The quantitative estimate of drug-likeness (QED) is 0.369. The van der Waals surface area contributed by atoms with Gasteiger partial charge in [-0.05, 0) is 42.8 Å². The Morgan fingerprint density at radius 1 is 0.964 bits per heavy atom. The van der Waals surface area contributed by atoms with Gasteiger partial charge in [0.25, 0.3) is 10.0 Å². The highest BCUT2D eigenvalue weighted by atomic mass is 32.2. The van der Waals surface area contributed by atoms with E-state index >= 15 is 0 Å². The topological polar surface area (TPSA) is 83.5 Å². The van der Waals surface area contributed by atoms with Crippen molar-refractivity contribution in [2.45, 2.75) is 11.8 Å². The summed E-state index contributed by atoms with van der Waals surface area (Å²) >= 11 is 0. The van der Waals surface area contributed by atoms with Crippen LogP contribution in [0.15, 0.2) is 83.8 Å². The summed E-state index contributed by atoms with van der Waals surface area (Å²) in [5.41, 5.74) is 2.11. The monoisotopic (exact) mass is 393 g/mol. The van der Waals surface area contributed by atoms with E-state index in [-0.39, 0.29) is 22.1 Å². The molecular weight excluding hydrogens is 374 g/mol. The van der Waals surface area contributed by atoms with Crippen molar-refractivity contribution in [3.8, 4) is 5.75 Å². The molecule has 0 aromatic heterocycles. The lowest BCUT2D eigenvalue weighted by Crippen LogP contribution is -2.13. The van der Waals surface area contributed by atoms with Crippen LogP contribution < -0.4 is 4.72 Å². The summed E-state index contributed by atoms with van der Waals surface area (Å²) < 4.78 is 27.5. The SMILES string of the molecule is Cc1ccc(S(=O)(=O)Nc2cc(C=CC(=O)c3ccccc3)ccc2O)cc1. The Morgan fingerprint density at radius 3 is 2.32 bits per heavy atom. The van der Waals surface area contributed by atoms with E-state index < -0.39 is 10.0 Å². The second-order valence-corrected chi connectivity index (χ2v) is 7.94. The van der Waals surface area contributed by atoms with Crippen molar-refractivity contribution in [1.29, 1.82) is 0 Å². The normalized spacial score (nSPS) is 11.5. The highest BCUT2D eigenvalue weighted by molar-refractivity contribution is 7.92. The van der Waals surface area contributed by atoms with Crippen LogP contribution in [-0.4, -0.2) is 19.3 Å². The molecule has 0 amide bonds. The Bertz CT molecular complexity index is 1120. The number of sulfonamides is 1. The zero-order chi connectivity index (χ0) is 20.1. The fourth-order valence-electron chi connectivity index (χ4n) is 2.53. The molecule has 0 saturated carbocycles. The number of rotatable bonds is 6. The van der Waals surface area contributed by atoms with Gasteiger partial charge in [0, 0.05) is 5.56 Å². The lowest BCUT2D eigenvalue weighted by atomic mass is 10.1. The van der Waals surface area contributed by atoms with E-state index in [1.807, 2.05) is 13.0 Å². The molecule has 0 aliphatic rings. The zero-order valence-electron chi connectivity index (χ0n) is 15.2. The smallest absolute Gasteiger partial charge is 0.262 e. The van der Waals surface area contributed by atoms with Gasteiger partial charge in [-0.3, -0.25) is 9.52 Å². The van der Waals surface area contributed by atoms with E-state index in [2.05, 4.69) is 4.72 Å². The van der Waals surface area contributed by atoms with Crippen molar-refractivity contribution < 1.29 is 18.3 Å². The third-order valence-corrected chi connectivity index (χ3v) is 5.46. The van der Waals surface area contributed by atoms with E-state index in [9.17, 15) is 18.3 Å². The van der Waals surface area contributed by atoms with Gasteiger partial charge in [-0.25, -0.2) is 8.42 Å². The second kappa shape index (κ2) is 8.10. The van der Waals surface area contributed by atoms with Crippen molar-refractivity contribution in [2.75, 3.05) is 4.72 Å². The lowest BCUT2D eigenvalue weighted by molar-refractivity contribution is 0.104. The number of ketones is 1. The number of phenolic OH excluding ortho intramolecular Hbond substituents is 1. The fraction of sp³-hybridized carbons (Fsp3) is 0.0455. The molecule has 3 rings (SSSR count). The van der Waals surface area contributed by atoms with Crippen molar-refractivity contribution in [1.82, 2.24) is 0 Å². The number of carbonyl (C=O) groups excluding carboxylic acids is 1. The van der Waals surface area contributed by atoms with Crippen LogP contribution in [-0.2, 0) is 10.0 Å². The second-order valence-electron chi connectivity index (χ2n) is 6.26. The van der Waals surface area contributed by atoms with Gasteiger partial charge in [-0.1, -0.05) is 60.2 Å². The number of nitrogens with one attached hydrogen (secondary N) is 1. The third-order valence-electron chi connectivity index (χ3n) is 4.08. The predicted molar refractivity (Wildman–Crippen MR) is 110 cm³/mol. The summed E-state index contributed by atoms with van der Waals surface area (Å²) in [6.07, 6.45) is 2.97. The lowest BCUT2D eigenvalue weighted by Gasteiger charge is -2.10. The molecule has 5 nitrogen and oxygen atoms in total. The largest absolute Gasteiger partial charge is 0.506 e. The molecule has 0 aliphatic carbocycles. The van der Waals surface area contributed by atoms with Gasteiger partial charge >= 0.3 is 0 Å². The van der Waals surface area contributed by atoms with Crippen molar-refractivity contribution in [2.24, 2.45) is 0 Å². The standard InChI is InChI=1S/C22H19NO4S/c1-16-7-11-19(12-8-16)28(26,27)23-20-15-17(10-14-22(20)25)9-13-21(24)18-5-3-2-4-6-18/h2-15,23,25H,1H3. The maximum Gasteiger partial charge on any atom is 0.262 e. The van der Waals surface area contributed by atoms with Crippen molar-refractivity contribution >= 4 is 27.6 Å². The van der Waals surface area contributed by atoms with Crippen LogP contribution in [0.5, 0.6) is 5.75 Å².